The molecule has 0 heterocycles. The Hall–Kier alpha value is -1.68. The van der Waals surface area contributed by atoms with Crippen molar-refractivity contribution in [3.63, 3.8) is 0 Å². The van der Waals surface area contributed by atoms with Crippen LogP contribution in [0.3, 0.4) is 0 Å². The molecule has 0 fully saturated rings. The summed E-state index contributed by atoms with van der Waals surface area (Å²) in [5, 5.41) is 11.4. The second-order valence-corrected chi connectivity index (χ2v) is 4.16. The lowest BCUT2D eigenvalue weighted by Gasteiger charge is -2.04. The predicted molar refractivity (Wildman–Crippen MR) is 71.2 cm³/mol. The normalized spacial score (nSPS) is 10.2. The van der Waals surface area contributed by atoms with Crippen LogP contribution in [0.5, 0.6) is 0 Å². The molecule has 0 radical (unpaired) electrons. The van der Waals surface area contributed by atoms with Crippen molar-refractivity contribution >= 4 is 21.6 Å². The molecule has 17 heavy (non-hydrogen) atoms. The summed E-state index contributed by atoms with van der Waals surface area (Å²) in [5.41, 5.74) is 2.69. The van der Waals surface area contributed by atoms with Crippen LogP contribution in [0.4, 0.5) is 5.69 Å². The van der Waals surface area contributed by atoms with E-state index in [2.05, 4.69) is 15.9 Å². The Bertz CT molecular complexity index is 540. The van der Waals surface area contributed by atoms with Crippen molar-refractivity contribution in [1.82, 2.24) is 0 Å². The van der Waals surface area contributed by atoms with E-state index in [4.69, 9.17) is 0 Å². The Morgan fingerprint density at radius 3 is 2.35 bits per heavy atom. The van der Waals surface area contributed by atoms with Gasteiger partial charge < -0.3 is 0 Å². The molecular formula is C13H10BrNO2. The summed E-state index contributed by atoms with van der Waals surface area (Å²) in [6, 6.07) is 14.9. The molecule has 3 nitrogen and oxygen atoms in total. The average Bonchev–Trinajstić information content (AvgIpc) is 2.39. The third-order valence-electron chi connectivity index (χ3n) is 2.53. The summed E-state index contributed by atoms with van der Waals surface area (Å²) in [4.78, 5) is 10.6. The first-order chi connectivity index (χ1) is 8.22. The van der Waals surface area contributed by atoms with Gasteiger partial charge >= 0.3 is 0 Å². The molecule has 0 aliphatic carbocycles. The van der Waals surface area contributed by atoms with Gasteiger partial charge in [-0.3, -0.25) is 10.1 Å². The number of halogens is 1. The first kappa shape index (κ1) is 11.8. The lowest BCUT2D eigenvalue weighted by atomic mass is 10.0. The second-order valence-electron chi connectivity index (χ2n) is 3.60. The van der Waals surface area contributed by atoms with Gasteiger partial charge in [0.25, 0.3) is 5.69 Å². The van der Waals surface area contributed by atoms with E-state index in [1.54, 1.807) is 12.1 Å². The highest BCUT2D eigenvalue weighted by molar-refractivity contribution is 9.08. The fourth-order valence-corrected chi connectivity index (χ4v) is 2.13. The molecule has 86 valence electrons. The van der Waals surface area contributed by atoms with Gasteiger partial charge in [0.1, 0.15) is 0 Å². The second kappa shape index (κ2) is 5.10. The fraction of sp³-hybridized carbons (Fsp3) is 0.0769. The Morgan fingerprint density at radius 2 is 1.76 bits per heavy atom. The third-order valence-corrected chi connectivity index (χ3v) is 3.14. The van der Waals surface area contributed by atoms with Crippen molar-refractivity contribution in [2.45, 2.75) is 5.33 Å². The van der Waals surface area contributed by atoms with Crippen LogP contribution in [0.25, 0.3) is 11.1 Å². The maximum atomic E-state index is 10.9. The molecule has 4 heteroatoms. The SMILES string of the molecule is O=[N+]([O-])c1cc(-c2ccccc2)ccc1CBr. The van der Waals surface area contributed by atoms with Crippen molar-refractivity contribution in [2.24, 2.45) is 0 Å². The summed E-state index contributed by atoms with van der Waals surface area (Å²) in [6.07, 6.45) is 0. The van der Waals surface area contributed by atoms with Crippen LogP contribution in [0.1, 0.15) is 5.56 Å². The topological polar surface area (TPSA) is 43.1 Å². The number of hydrogen-bond acceptors (Lipinski definition) is 2. The van der Waals surface area contributed by atoms with E-state index in [0.717, 1.165) is 11.1 Å². The van der Waals surface area contributed by atoms with Crippen LogP contribution >= 0.6 is 15.9 Å². The highest BCUT2D eigenvalue weighted by atomic mass is 79.9. The van der Waals surface area contributed by atoms with E-state index >= 15 is 0 Å². The van der Waals surface area contributed by atoms with Gasteiger partial charge in [-0.05, 0) is 11.1 Å². The van der Waals surface area contributed by atoms with Crippen molar-refractivity contribution in [1.29, 1.82) is 0 Å². The van der Waals surface area contributed by atoms with Crippen molar-refractivity contribution in [3.05, 3.63) is 64.2 Å². The molecule has 0 N–H and O–H groups in total. The van der Waals surface area contributed by atoms with Crippen LogP contribution < -0.4 is 0 Å². The van der Waals surface area contributed by atoms with Crippen LogP contribution in [-0.4, -0.2) is 4.92 Å². The predicted octanol–water partition coefficient (Wildman–Crippen LogP) is 4.16. The summed E-state index contributed by atoms with van der Waals surface area (Å²) in [5.74, 6) is 0. The third kappa shape index (κ3) is 2.53. The summed E-state index contributed by atoms with van der Waals surface area (Å²) in [6.45, 7) is 0. The molecule has 2 aromatic carbocycles. The minimum Gasteiger partial charge on any atom is -0.258 e. The highest BCUT2D eigenvalue weighted by Gasteiger charge is 2.13. The van der Waals surface area contributed by atoms with Crippen molar-refractivity contribution in [2.75, 3.05) is 0 Å². The Morgan fingerprint density at radius 1 is 1.06 bits per heavy atom. The monoisotopic (exact) mass is 291 g/mol. The zero-order chi connectivity index (χ0) is 12.3. The molecule has 2 rings (SSSR count). The molecule has 0 atom stereocenters. The van der Waals surface area contributed by atoms with Crippen LogP contribution in [0.2, 0.25) is 0 Å². The standard InChI is InChI=1S/C13H10BrNO2/c14-9-12-7-6-11(8-13(12)15(16)17)10-4-2-1-3-5-10/h1-8H,9H2. The fourth-order valence-electron chi connectivity index (χ4n) is 1.66. The zero-order valence-corrected chi connectivity index (χ0v) is 10.6. The Balaban J connectivity index is 2.51. The molecule has 0 aliphatic rings. The summed E-state index contributed by atoms with van der Waals surface area (Å²) in [7, 11) is 0. The molecule has 0 aliphatic heterocycles. The summed E-state index contributed by atoms with van der Waals surface area (Å²) >= 11 is 3.25. The van der Waals surface area contributed by atoms with Gasteiger partial charge in [-0.15, -0.1) is 0 Å². The highest BCUT2D eigenvalue weighted by Crippen LogP contribution is 2.28. The van der Waals surface area contributed by atoms with E-state index in [1.165, 1.54) is 0 Å². The molecule has 0 amide bonds. The maximum absolute atomic E-state index is 10.9. The summed E-state index contributed by atoms with van der Waals surface area (Å²) < 4.78 is 0. The number of benzene rings is 2. The molecular weight excluding hydrogens is 282 g/mol. The number of nitro groups is 1. The van der Waals surface area contributed by atoms with Crippen LogP contribution in [-0.2, 0) is 5.33 Å². The number of rotatable bonds is 3. The average molecular weight is 292 g/mol. The quantitative estimate of drug-likeness (QED) is 0.484. The van der Waals surface area contributed by atoms with E-state index in [-0.39, 0.29) is 10.6 Å². The smallest absolute Gasteiger partial charge is 0.258 e. The number of nitrogens with zero attached hydrogens (tertiary/aromatic N) is 1. The van der Waals surface area contributed by atoms with Gasteiger partial charge in [-0.25, -0.2) is 0 Å². The molecule has 0 spiro atoms. The Labute approximate surface area is 107 Å². The van der Waals surface area contributed by atoms with Gasteiger partial charge in [-0.1, -0.05) is 58.4 Å². The van der Waals surface area contributed by atoms with E-state index in [1.807, 2.05) is 36.4 Å². The first-order valence-electron chi connectivity index (χ1n) is 5.11. The van der Waals surface area contributed by atoms with Gasteiger partial charge in [0.05, 0.1) is 4.92 Å². The lowest BCUT2D eigenvalue weighted by Crippen LogP contribution is -1.93. The van der Waals surface area contributed by atoms with Crippen molar-refractivity contribution in [3.8, 4) is 11.1 Å². The molecule has 0 bridgehead atoms. The largest absolute Gasteiger partial charge is 0.274 e. The lowest BCUT2D eigenvalue weighted by molar-refractivity contribution is -0.385. The minimum atomic E-state index is -0.344. The van der Waals surface area contributed by atoms with Gasteiger partial charge in [0.15, 0.2) is 0 Å². The minimum absolute atomic E-state index is 0.156. The zero-order valence-electron chi connectivity index (χ0n) is 8.97. The molecule has 0 saturated heterocycles. The number of hydrogen-bond donors (Lipinski definition) is 0. The molecule has 0 saturated carbocycles. The van der Waals surface area contributed by atoms with E-state index < -0.39 is 0 Å². The molecule has 0 aromatic heterocycles. The van der Waals surface area contributed by atoms with E-state index in [9.17, 15) is 10.1 Å². The van der Waals surface area contributed by atoms with Crippen molar-refractivity contribution < 1.29 is 4.92 Å². The van der Waals surface area contributed by atoms with Gasteiger partial charge in [0.2, 0.25) is 0 Å². The number of nitro benzene ring substituents is 1. The Kier molecular flexibility index (Phi) is 3.54. The van der Waals surface area contributed by atoms with Crippen LogP contribution in [0, 0.1) is 10.1 Å². The van der Waals surface area contributed by atoms with Gasteiger partial charge in [-0.2, -0.15) is 0 Å². The number of alkyl halides is 1. The van der Waals surface area contributed by atoms with Gasteiger partial charge in [0, 0.05) is 17.0 Å². The molecule has 2 aromatic rings. The van der Waals surface area contributed by atoms with E-state index in [0.29, 0.717) is 10.9 Å². The first-order valence-corrected chi connectivity index (χ1v) is 6.23. The molecule has 0 unspecified atom stereocenters. The maximum Gasteiger partial charge on any atom is 0.274 e. The van der Waals surface area contributed by atoms with Crippen LogP contribution in [0.15, 0.2) is 48.5 Å².